The molecule has 6 heteroatoms. The smallest absolute Gasteiger partial charge is 0.311 e. The first kappa shape index (κ1) is 14.6. The van der Waals surface area contributed by atoms with E-state index in [2.05, 4.69) is 12.2 Å². The highest BCUT2D eigenvalue weighted by molar-refractivity contribution is 5.59. The largest absolute Gasteiger partial charge is 0.487 e. The van der Waals surface area contributed by atoms with Crippen LogP contribution >= 0.6 is 0 Å². The Morgan fingerprint density at radius 3 is 2.95 bits per heavy atom. The first-order valence-electron chi connectivity index (χ1n) is 6.81. The lowest BCUT2D eigenvalue weighted by Crippen LogP contribution is -2.34. The second-order valence-electron chi connectivity index (χ2n) is 5.28. The third-order valence-electron chi connectivity index (χ3n) is 3.28. The normalized spacial score (nSPS) is 21.7. The van der Waals surface area contributed by atoms with Crippen LogP contribution in [0, 0.1) is 10.1 Å². The molecule has 1 saturated heterocycles. The number of nitro benzene ring substituents is 1. The van der Waals surface area contributed by atoms with Crippen molar-refractivity contribution in [3.05, 3.63) is 28.3 Å². The molecule has 1 aromatic rings. The van der Waals surface area contributed by atoms with Gasteiger partial charge in [0.2, 0.25) is 0 Å². The Hall–Kier alpha value is -1.82. The van der Waals surface area contributed by atoms with Gasteiger partial charge in [0.15, 0.2) is 5.75 Å². The Morgan fingerprint density at radius 1 is 1.55 bits per heavy atom. The van der Waals surface area contributed by atoms with Crippen molar-refractivity contribution in [2.24, 2.45) is 0 Å². The molecule has 1 aliphatic heterocycles. The Morgan fingerprint density at radius 2 is 2.35 bits per heavy atom. The van der Waals surface area contributed by atoms with Crippen molar-refractivity contribution in [2.75, 3.05) is 25.1 Å². The van der Waals surface area contributed by atoms with Crippen LogP contribution < -0.4 is 10.1 Å². The number of ether oxygens (including phenoxy) is 2. The molecule has 110 valence electrons. The summed E-state index contributed by atoms with van der Waals surface area (Å²) in [5.41, 5.74) is 0.685. The quantitative estimate of drug-likeness (QED) is 0.640. The predicted molar refractivity (Wildman–Crippen MR) is 76.3 cm³/mol. The molecule has 1 fully saturated rings. The first-order chi connectivity index (χ1) is 9.54. The highest BCUT2D eigenvalue weighted by atomic mass is 16.6. The molecule has 20 heavy (non-hydrogen) atoms. The monoisotopic (exact) mass is 280 g/mol. The molecule has 1 N–H and O–H groups in total. The molecule has 0 radical (unpaired) electrons. The molecule has 1 aliphatic rings. The lowest BCUT2D eigenvalue weighted by molar-refractivity contribution is -0.385. The summed E-state index contributed by atoms with van der Waals surface area (Å²) in [7, 11) is 0. The summed E-state index contributed by atoms with van der Waals surface area (Å²) in [4.78, 5) is 10.6. The number of nitrogens with zero attached hydrogens (tertiary/aromatic N) is 1. The van der Waals surface area contributed by atoms with E-state index >= 15 is 0 Å². The fourth-order valence-electron chi connectivity index (χ4n) is 2.18. The van der Waals surface area contributed by atoms with E-state index in [1.165, 1.54) is 6.07 Å². The molecule has 1 atom stereocenters. The molecular weight excluding hydrogens is 260 g/mol. The summed E-state index contributed by atoms with van der Waals surface area (Å²) in [5.74, 6) is 0.310. The van der Waals surface area contributed by atoms with Crippen molar-refractivity contribution < 1.29 is 14.4 Å². The van der Waals surface area contributed by atoms with Crippen LogP contribution in [-0.2, 0) is 4.74 Å². The zero-order valence-corrected chi connectivity index (χ0v) is 11.8. The molecule has 1 aromatic carbocycles. The predicted octanol–water partition coefficient (Wildman–Crippen LogP) is 2.97. The molecule has 0 aliphatic carbocycles. The van der Waals surface area contributed by atoms with Gasteiger partial charge in [0.05, 0.1) is 23.7 Å². The van der Waals surface area contributed by atoms with Gasteiger partial charge in [0, 0.05) is 24.4 Å². The van der Waals surface area contributed by atoms with Crippen LogP contribution in [0.4, 0.5) is 11.4 Å². The topological polar surface area (TPSA) is 73.6 Å². The van der Waals surface area contributed by atoms with Gasteiger partial charge < -0.3 is 14.8 Å². The molecule has 0 amide bonds. The number of hydrogen-bond acceptors (Lipinski definition) is 5. The maximum Gasteiger partial charge on any atom is 0.311 e. The molecule has 0 spiro atoms. The second-order valence-corrected chi connectivity index (χ2v) is 5.28. The van der Waals surface area contributed by atoms with E-state index in [4.69, 9.17) is 9.47 Å². The van der Waals surface area contributed by atoms with Crippen LogP contribution in [0.25, 0.3) is 0 Å². The molecule has 0 bridgehead atoms. The van der Waals surface area contributed by atoms with Crippen molar-refractivity contribution >= 4 is 11.4 Å². The van der Waals surface area contributed by atoms with Crippen LogP contribution in [0.1, 0.15) is 26.7 Å². The average molecular weight is 280 g/mol. The third kappa shape index (κ3) is 3.39. The zero-order valence-electron chi connectivity index (χ0n) is 11.8. The van der Waals surface area contributed by atoms with Gasteiger partial charge in [-0.05, 0) is 25.8 Å². The molecule has 2 rings (SSSR count). The van der Waals surface area contributed by atoms with E-state index in [0.29, 0.717) is 19.0 Å². The number of anilines is 1. The van der Waals surface area contributed by atoms with Crippen LogP contribution in [0.3, 0.4) is 0 Å². The fraction of sp³-hybridized carbons (Fsp3) is 0.571. The highest BCUT2D eigenvalue weighted by Gasteiger charge is 2.29. The zero-order chi connectivity index (χ0) is 14.6. The Bertz CT molecular complexity index is 484. The van der Waals surface area contributed by atoms with Gasteiger partial charge >= 0.3 is 5.69 Å². The van der Waals surface area contributed by atoms with Crippen molar-refractivity contribution in [3.8, 4) is 5.75 Å². The van der Waals surface area contributed by atoms with Crippen molar-refractivity contribution in [2.45, 2.75) is 32.2 Å². The molecule has 0 saturated carbocycles. The van der Waals surface area contributed by atoms with Gasteiger partial charge in [-0.1, -0.05) is 6.92 Å². The molecule has 1 heterocycles. The fourth-order valence-corrected chi connectivity index (χ4v) is 2.18. The minimum absolute atomic E-state index is 0.00294. The summed E-state index contributed by atoms with van der Waals surface area (Å²) in [6.07, 6.45) is 1.72. The molecule has 1 unspecified atom stereocenters. The number of hydrogen-bond donors (Lipinski definition) is 1. The molecular formula is C14H20N2O4. The van der Waals surface area contributed by atoms with Gasteiger partial charge in [-0.15, -0.1) is 0 Å². The van der Waals surface area contributed by atoms with Crippen molar-refractivity contribution in [1.29, 1.82) is 0 Å². The molecule has 6 nitrogen and oxygen atoms in total. The van der Waals surface area contributed by atoms with Crippen LogP contribution in [0.5, 0.6) is 5.75 Å². The van der Waals surface area contributed by atoms with Crippen molar-refractivity contribution in [3.63, 3.8) is 0 Å². The number of benzene rings is 1. The third-order valence-corrected chi connectivity index (χ3v) is 3.28. The minimum atomic E-state index is -0.421. The Balaban J connectivity index is 2.19. The van der Waals surface area contributed by atoms with Crippen molar-refractivity contribution in [1.82, 2.24) is 0 Å². The summed E-state index contributed by atoms with van der Waals surface area (Å²) in [5, 5.41) is 14.4. The Kier molecular flexibility index (Phi) is 4.44. The Labute approximate surface area is 118 Å². The first-order valence-corrected chi connectivity index (χ1v) is 6.81. The number of rotatable bonds is 6. The second kappa shape index (κ2) is 6.09. The van der Waals surface area contributed by atoms with Crippen LogP contribution in [0.2, 0.25) is 0 Å². The summed E-state index contributed by atoms with van der Waals surface area (Å²) >= 11 is 0. The van der Waals surface area contributed by atoms with Gasteiger partial charge in [0.1, 0.15) is 0 Å². The average Bonchev–Trinajstić information content (AvgIpc) is 2.82. The lowest BCUT2D eigenvalue weighted by atomic mass is 10.0. The summed E-state index contributed by atoms with van der Waals surface area (Å²) in [6.45, 7) is 5.87. The van der Waals surface area contributed by atoms with Gasteiger partial charge in [-0.2, -0.15) is 0 Å². The standard InChI is InChI=1S/C14H20N2O4/c1-3-7-20-13-9-11(4-5-12(13)16(17)18)15-14(2)6-8-19-10-14/h4-5,9,15H,3,6-8,10H2,1-2H3. The lowest BCUT2D eigenvalue weighted by Gasteiger charge is -2.25. The van der Waals surface area contributed by atoms with Crippen LogP contribution in [-0.4, -0.2) is 30.3 Å². The maximum absolute atomic E-state index is 11.0. The summed E-state index contributed by atoms with van der Waals surface area (Å²) < 4.78 is 10.9. The SMILES string of the molecule is CCCOc1cc(NC2(C)CCOC2)ccc1[N+](=O)[O-]. The number of nitro groups is 1. The van der Waals surface area contributed by atoms with E-state index in [1.54, 1.807) is 12.1 Å². The van der Waals surface area contributed by atoms with E-state index in [1.807, 2.05) is 6.92 Å². The van der Waals surface area contributed by atoms with Gasteiger partial charge in [-0.25, -0.2) is 0 Å². The number of nitrogens with one attached hydrogen (secondary N) is 1. The van der Waals surface area contributed by atoms with E-state index in [0.717, 1.165) is 25.1 Å². The minimum Gasteiger partial charge on any atom is -0.487 e. The highest BCUT2D eigenvalue weighted by Crippen LogP contribution is 2.32. The van der Waals surface area contributed by atoms with E-state index < -0.39 is 4.92 Å². The maximum atomic E-state index is 11.0. The molecule has 0 aromatic heterocycles. The summed E-state index contributed by atoms with van der Waals surface area (Å²) in [6, 6.07) is 4.88. The van der Waals surface area contributed by atoms with Gasteiger partial charge in [0.25, 0.3) is 0 Å². The van der Waals surface area contributed by atoms with E-state index in [9.17, 15) is 10.1 Å². The van der Waals surface area contributed by atoms with E-state index in [-0.39, 0.29) is 11.2 Å². The van der Waals surface area contributed by atoms with Gasteiger partial charge in [-0.3, -0.25) is 10.1 Å². The van der Waals surface area contributed by atoms with Crippen LogP contribution in [0.15, 0.2) is 18.2 Å².